The standard InChI is InChI=1S/C51H80N4O16/c1-16-39-49(10,71-48(61)55-18-17-52-28-55)25-29(2)41(58)30(3)26-50(11,62-14)43(70-46-37(23-31(4)56)38(24-32(5)65-46)53(13)47(60)54-19-21-64-22-20-54)33(6)42(34(7)45(59)68-39)69-40-27-51(12,63-15)44(35(8)66-40)67-36(9)57/h17-18,25,28,30,32-35,37-40,42-44,46H,16,19-24,26-27H2,1-15H3/t30-,32-,33+,34-,35+,37-,38+,39-,40+,42+,43-,44+,46+,49+,50-,51-/m1/s1. The number of imidazole rings is 1. The molecule has 400 valence electrons. The number of carbonyl (C=O) groups excluding carboxylic acids is 6. The van der Waals surface area contributed by atoms with Crippen molar-refractivity contribution in [1.82, 2.24) is 19.4 Å². The van der Waals surface area contributed by atoms with Gasteiger partial charge in [0.1, 0.15) is 23.8 Å². The molecule has 0 spiro atoms. The van der Waals surface area contributed by atoms with Gasteiger partial charge in [-0.3, -0.25) is 14.4 Å². The van der Waals surface area contributed by atoms with Gasteiger partial charge in [0.2, 0.25) is 0 Å². The first-order valence-corrected chi connectivity index (χ1v) is 24.9. The lowest BCUT2D eigenvalue weighted by Gasteiger charge is -2.51. The van der Waals surface area contributed by atoms with Gasteiger partial charge >= 0.3 is 24.1 Å². The Morgan fingerprint density at radius 3 is 2.14 bits per heavy atom. The SMILES string of the molecule is CC[C@H]1OC(=O)[C@H](C)[C@@H](O[C@H]2C[C@@](C)(OC)[C@@H](OC(C)=O)[C@H](C)O2)[C@H](C)[C@@H](O[C@@H]2O[C@H](C)C[C@H](N(C)C(=O)N3CCOCC3)[C@H]2CC(C)=O)[C@](C)(OC)C[C@@H](C)C(=O)C(C)=C[C@]1(C)OC(=O)n1ccnc1. The lowest BCUT2D eigenvalue weighted by molar-refractivity contribution is -0.315. The van der Waals surface area contributed by atoms with E-state index in [0.717, 1.165) is 4.57 Å². The summed E-state index contributed by atoms with van der Waals surface area (Å²) in [6.07, 6.45) is -1.88. The molecule has 0 bridgehead atoms. The number of nitrogens with zero attached hydrogens (tertiary/aromatic N) is 4. The first kappa shape index (κ1) is 57.6. The zero-order chi connectivity index (χ0) is 52.7. The number of methoxy groups -OCH3 is 2. The molecular formula is C51H80N4O16. The molecule has 16 atom stereocenters. The van der Waals surface area contributed by atoms with E-state index < -0.39 is 114 Å². The van der Waals surface area contributed by atoms with E-state index in [2.05, 4.69) is 4.98 Å². The number of allylic oxidation sites excluding steroid dienone is 1. The second kappa shape index (κ2) is 24.2. The van der Waals surface area contributed by atoms with E-state index in [1.807, 2.05) is 20.8 Å². The van der Waals surface area contributed by atoms with Crippen LogP contribution in [0.25, 0.3) is 0 Å². The molecule has 0 aromatic carbocycles. The maximum absolute atomic E-state index is 15.0. The van der Waals surface area contributed by atoms with E-state index in [-0.39, 0.29) is 48.9 Å². The minimum atomic E-state index is -1.66. The third-order valence-corrected chi connectivity index (χ3v) is 15.0. The van der Waals surface area contributed by atoms with Gasteiger partial charge in [0.05, 0.1) is 49.1 Å². The van der Waals surface area contributed by atoms with E-state index in [1.165, 1.54) is 52.9 Å². The summed E-state index contributed by atoms with van der Waals surface area (Å²) in [5, 5.41) is 0. The van der Waals surface area contributed by atoms with Gasteiger partial charge in [0.25, 0.3) is 0 Å². The van der Waals surface area contributed by atoms with Gasteiger partial charge in [0.15, 0.2) is 30.1 Å². The van der Waals surface area contributed by atoms with Crippen LogP contribution in [0, 0.1) is 23.7 Å². The lowest BCUT2D eigenvalue weighted by atomic mass is 9.76. The predicted molar refractivity (Wildman–Crippen MR) is 256 cm³/mol. The summed E-state index contributed by atoms with van der Waals surface area (Å²) in [6, 6.07) is -0.708. The van der Waals surface area contributed by atoms with Gasteiger partial charge in [-0.15, -0.1) is 0 Å². The number of carbonyl (C=O) groups is 6. The number of hydrogen-bond acceptors (Lipinski definition) is 17. The smallest absolute Gasteiger partial charge is 0.420 e. The molecule has 20 nitrogen and oxygen atoms in total. The highest BCUT2D eigenvalue weighted by molar-refractivity contribution is 5.96. The van der Waals surface area contributed by atoms with Crippen LogP contribution in [-0.4, -0.2) is 175 Å². The number of rotatable bonds is 12. The van der Waals surface area contributed by atoms with E-state index in [0.29, 0.717) is 32.7 Å². The Morgan fingerprint density at radius 1 is 0.915 bits per heavy atom. The van der Waals surface area contributed by atoms with Crippen molar-refractivity contribution in [3.63, 3.8) is 0 Å². The second-order valence-electron chi connectivity index (χ2n) is 20.7. The van der Waals surface area contributed by atoms with Crippen molar-refractivity contribution in [1.29, 1.82) is 0 Å². The molecule has 4 aliphatic rings. The number of ketones is 2. The normalized spacial score (nSPS) is 37.8. The molecule has 0 N–H and O–H groups in total. The van der Waals surface area contributed by atoms with E-state index in [9.17, 15) is 28.8 Å². The molecule has 0 saturated carbocycles. The van der Waals surface area contributed by atoms with Crippen LogP contribution in [0.2, 0.25) is 0 Å². The number of Topliss-reactive ketones (excluding diaryl/α,β-unsaturated/α-hetero) is 2. The molecule has 3 fully saturated rings. The Labute approximate surface area is 418 Å². The van der Waals surface area contributed by atoms with Crippen LogP contribution in [0.3, 0.4) is 0 Å². The number of esters is 2. The minimum absolute atomic E-state index is 0.00458. The molecule has 71 heavy (non-hydrogen) atoms. The summed E-state index contributed by atoms with van der Waals surface area (Å²) in [5.41, 5.74) is -3.86. The van der Waals surface area contributed by atoms with Crippen molar-refractivity contribution in [2.75, 3.05) is 47.6 Å². The Kier molecular flexibility index (Phi) is 19.6. The van der Waals surface area contributed by atoms with Crippen LogP contribution < -0.4 is 0 Å². The fraction of sp³-hybridized carbons (Fsp3) is 0.784. The molecule has 2 amide bonds. The molecule has 3 saturated heterocycles. The van der Waals surface area contributed by atoms with Crippen LogP contribution in [0.1, 0.15) is 115 Å². The average Bonchev–Trinajstić information content (AvgIpc) is 3.88. The minimum Gasteiger partial charge on any atom is -0.457 e. The van der Waals surface area contributed by atoms with Gasteiger partial charge in [-0.2, -0.15) is 0 Å². The van der Waals surface area contributed by atoms with Crippen LogP contribution in [0.4, 0.5) is 9.59 Å². The Morgan fingerprint density at radius 2 is 1.56 bits per heavy atom. The third kappa shape index (κ3) is 13.5. The fourth-order valence-electron chi connectivity index (χ4n) is 11.0. The van der Waals surface area contributed by atoms with Gasteiger partial charge in [-0.1, -0.05) is 20.8 Å². The molecule has 5 rings (SSSR count). The predicted octanol–water partition coefficient (Wildman–Crippen LogP) is 5.91. The quantitative estimate of drug-likeness (QED) is 0.176. The van der Waals surface area contributed by atoms with E-state index >= 15 is 0 Å². The highest BCUT2D eigenvalue weighted by Gasteiger charge is 2.54. The second-order valence-corrected chi connectivity index (χ2v) is 20.7. The number of ether oxygens (including phenoxy) is 10. The summed E-state index contributed by atoms with van der Waals surface area (Å²) < 4.78 is 64.8. The topological polar surface area (TPSA) is 219 Å². The van der Waals surface area contributed by atoms with Crippen molar-refractivity contribution in [3.8, 4) is 0 Å². The Hall–Kier alpha value is -4.31. The summed E-state index contributed by atoms with van der Waals surface area (Å²) >= 11 is 0. The molecule has 20 heteroatoms. The van der Waals surface area contributed by atoms with Crippen molar-refractivity contribution >= 4 is 35.6 Å². The van der Waals surface area contributed by atoms with Crippen molar-refractivity contribution < 1.29 is 76.1 Å². The van der Waals surface area contributed by atoms with Gasteiger partial charge < -0.3 is 62.0 Å². The van der Waals surface area contributed by atoms with Gasteiger partial charge in [-0.25, -0.2) is 19.1 Å². The van der Waals surface area contributed by atoms with Crippen LogP contribution in [-0.2, 0) is 66.5 Å². The van der Waals surface area contributed by atoms with Crippen molar-refractivity contribution in [3.05, 3.63) is 30.4 Å². The molecule has 1 aromatic rings. The molecule has 0 aliphatic carbocycles. The number of amides is 2. The largest absolute Gasteiger partial charge is 0.457 e. The van der Waals surface area contributed by atoms with Gasteiger partial charge in [0, 0.05) is 90.3 Å². The summed E-state index contributed by atoms with van der Waals surface area (Å²) in [7, 11) is 4.75. The first-order valence-electron chi connectivity index (χ1n) is 24.9. The zero-order valence-electron chi connectivity index (χ0n) is 44.5. The number of cyclic esters (lactones) is 1. The molecule has 1 aromatic heterocycles. The summed E-state index contributed by atoms with van der Waals surface area (Å²) in [6.45, 7) is 21.9. The third-order valence-electron chi connectivity index (χ3n) is 15.0. The molecule has 0 radical (unpaired) electrons. The Balaban J connectivity index is 1.66. The summed E-state index contributed by atoms with van der Waals surface area (Å²) in [5.74, 6) is -5.02. The maximum Gasteiger partial charge on any atom is 0.420 e. The van der Waals surface area contributed by atoms with Crippen LogP contribution >= 0.6 is 0 Å². The maximum atomic E-state index is 15.0. The number of aromatic nitrogens is 2. The van der Waals surface area contributed by atoms with Crippen molar-refractivity contribution in [2.24, 2.45) is 23.7 Å². The lowest BCUT2D eigenvalue weighted by Crippen LogP contribution is -2.61. The number of urea groups is 1. The molecule has 4 aliphatic heterocycles. The van der Waals surface area contributed by atoms with Crippen LogP contribution in [0.5, 0.6) is 0 Å². The number of hydrogen-bond donors (Lipinski definition) is 0. The van der Waals surface area contributed by atoms with Gasteiger partial charge in [-0.05, 0) is 86.3 Å². The summed E-state index contributed by atoms with van der Waals surface area (Å²) in [4.78, 5) is 90.2. The first-order chi connectivity index (χ1) is 33.3. The number of morpholine rings is 1. The van der Waals surface area contributed by atoms with Crippen LogP contribution in [0.15, 0.2) is 30.4 Å². The zero-order valence-corrected chi connectivity index (χ0v) is 44.5. The monoisotopic (exact) mass is 1000 g/mol. The highest BCUT2D eigenvalue weighted by atomic mass is 16.7. The highest BCUT2D eigenvalue weighted by Crippen LogP contribution is 2.43. The fourth-order valence-corrected chi connectivity index (χ4v) is 11.0. The molecule has 5 heterocycles. The molecule has 0 unspecified atom stereocenters. The average molecular weight is 1010 g/mol. The van der Waals surface area contributed by atoms with E-state index in [1.54, 1.807) is 65.3 Å². The van der Waals surface area contributed by atoms with Crippen molar-refractivity contribution in [2.45, 2.75) is 187 Å². The molecular weight excluding hydrogens is 925 g/mol. The van der Waals surface area contributed by atoms with E-state index in [4.69, 9.17) is 47.4 Å². The Bertz CT molecular complexity index is 2050.